The number of nitrogens with zero attached hydrogens (tertiary/aromatic N) is 4. The lowest BCUT2D eigenvalue weighted by Gasteiger charge is -2.01. The molecular formula is C7H10N6S. The first-order chi connectivity index (χ1) is 6.90. The number of anilines is 1. The third kappa shape index (κ3) is 1.94. The second-order valence-corrected chi connectivity index (χ2v) is 3.46. The first-order valence-electron chi connectivity index (χ1n) is 4.29. The van der Waals surface area contributed by atoms with Crippen LogP contribution in [0.15, 0.2) is 6.20 Å². The Morgan fingerprint density at radius 1 is 1.50 bits per heavy atom. The molecule has 6 nitrogen and oxygen atoms in total. The molecule has 0 unspecified atom stereocenters. The molecule has 0 saturated carbocycles. The highest BCUT2D eigenvalue weighted by molar-refractivity contribution is 7.12. The molecule has 2 aromatic rings. The molecule has 3 N–H and O–H groups in total. The SMILES string of the molecule is NCCCNc1ncc2nnsc2n1. The maximum atomic E-state index is 5.37. The predicted molar refractivity (Wildman–Crippen MR) is 55.2 cm³/mol. The van der Waals surface area contributed by atoms with Gasteiger partial charge in [0.15, 0.2) is 4.83 Å². The third-order valence-corrected chi connectivity index (χ3v) is 2.31. The maximum Gasteiger partial charge on any atom is 0.224 e. The number of hydrogen-bond acceptors (Lipinski definition) is 7. The van der Waals surface area contributed by atoms with E-state index in [-0.39, 0.29) is 0 Å². The molecule has 2 heterocycles. The molecule has 0 radical (unpaired) electrons. The zero-order chi connectivity index (χ0) is 9.80. The van der Waals surface area contributed by atoms with E-state index < -0.39 is 0 Å². The van der Waals surface area contributed by atoms with E-state index in [1.807, 2.05) is 0 Å². The second-order valence-electron chi connectivity index (χ2n) is 2.73. The molecule has 0 spiro atoms. The molecule has 7 heteroatoms. The van der Waals surface area contributed by atoms with Crippen molar-refractivity contribution in [3.63, 3.8) is 0 Å². The van der Waals surface area contributed by atoms with Crippen LogP contribution in [0.1, 0.15) is 6.42 Å². The minimum Gasteiger partial charge on any atom is -0.354 e. The Hall–Kier alpha value is -1.34. The van der Waals surface area contributed by atoms with Gasteiger partial charge in [-0.1, -0.05) is 4.49 Å². The van der Waals surface area contributed by atoms with Crippen molar-refractivity contribution in [2.75, 3.05) is 18.4 Å². The van der Waals surface area contributed by atoms with Crippen molar-refractivity contribution in [2.45, 2.75) is 6.42 Å². The van der Waals surface area contributed by atoms with Crippen molar-refractivity contribution >= 4 is 27.8 Å². The van der Waals surface area contributed by atoms with Gasteiger partial charge in [0.1, 0.15) is 5.52 Å². The molecule has 0 atom stereocenters. The van der Waals surface area contributed by atoms with Crippen LogP contribution in [0, 0.1) is 0 Å². The Morgan fingerprint density at radius 2 is 2.43 bits per heavy atom. The van der Waals surface area contributed by atoms with E-state index in [1.54, 1.807) is 6.20 Å². The summed E-state index contributed by atoms with van der Waals surface area (Å²) in [7, 11) is 0. The Kier molecular flexibility index (Phi) is 2.80. The monoisotopic (exact) mass is 210 g/mol. The van der Waals surface area contributed by atoms with Crippen molar-refractivity contribution in [1.29, 1.82) is 0 Å². The van der Waals surface area contributed by atoms with Crippen LogP contribution in [0.3, 0.4) is 0 Å². The molecule has 0 bridgehead atoms. The highest BCUT2D eigenvalue weighted by Crippen LogP contribution is 2.12. The molecule has 0 aliphatic heterocycles. The number of hydrogen-bond donors (Lipinski definition) is 2. The predicted octanol–water partition coefficient (Wildman–Crippen LogP) is 0.242. The summed E-state index contributed by atoms with van der Waals surface area (Å²) in [6.07, 6.45) is 2.57. The molecule has 0 aliphatic rings. The summed E-state index contributed by atoms with van der Waals surface area (Å²) in [5, 5.41) is 6.93. The Bertz CT molecular complexity index is 413. The molecule has 2 rings (SSSR count). The van der Waals surface area contributed by atoms with Crippen LogP contribution in [0.4, 0.5) is 5.95 Å². The lowest BCUT2D eigenvalue weighted by Crippen LogP contribution is -2.10. The van der Waals surface area contributed by atoms with E-state index in [0.29, 0.717) is 12.5 Å². The quantitative estimate of drug-likeness (QED) is 0.703. The highest BCUT2D eigenvalue weighted by atomic mass is 32.1. The third-order valence-electron chi connectivity index (χ3n) is 1.68. The minimum absolute atomic E-state index is 0.608. The summed E-state index contributed by atoms with van der Waals surface area (Å²) in [4.78, 5) is 9.13. The summed E-state index contributed by atoms with van der Waals surface area (Å²) in [5.74, 6) is 0.608. The molecule has 0 aromatic carbocycles. The highest BCUT2D eigenvalue weighted by Gasteiger charge is 2.01. The fraction of sp³-hybridized carbons (Fsp3) is 0.429. The topological polar surface area (TPSA) is 89.6 Å². The van der Waals surface area contributed by atoms with Gasteiger partial charge in [0.05, 0.1) is 6.20 Å². The van der Waals surface area contributed by atoms with Gasteiger partial charge in [-0.3, -0.25) is 0 Å². The van der Waals surface area contributed by atoms with Gasteiger partial charge in [0.2, 0.25) is 5.95 Å². The lowest BCUT2D eigenvalue weighted by molar-refractivity contribution is 0.865. The van der Waals surface area contributed by atoms with Crippen LogP contribution in [0.2, 0.25) is 0 Å². The van der Waals surface area contributed by atoms with Crippen molar-refractivity contribution in [3.05, 3.63) is 6.20 Å². The van der Waals surface area contributed by atoms with E-state index in [9.17, 15) is 0 Å². The lowest BCUT2D eigenvalue weighted by atomic mass is 10.4. The molecule has 74 valence electrons. The van der Waals surface area contributed by atoms with Crippen molar-refractivity contribution in [1.82, 2.24) is 19.6 Å². The number of nitrogens with one attached hydrogen (secondary N) is 1. The van der Waals surface area contributed by atoms with Crippen molar-refractivity contribution in [2.24, 2.45) is 5.73 Å². The van der Waals surface area contributed by atoms with Crippen LogP contribution in [-0.4, -0.2) is 32.6 Å². The normalized spacial score (nSPS) is 10.6. The maximum absolute atomic E-state index is 5.37. The Labute approximate surface area is 84.7 Å². The van der Waals surface area contributed by atoms with E-state index in [1.165, 1.54) is 11.5 Å². The minimum atomic E-state index is 0.608. The first kappa shape index (κ1) is 9.22. The van der Waals surface area contributed by atoms with Crippen LogP contribution >= 0.6 is 11.5 Å². The largest absolute Gasteiger partial charge is 0.354 e. The van der Waals surface area contributed by atoms with Gasteiger partial charge in [0, 0.05) is 18.1 Å². The summed E-state index contributed by atoms with van der Waals surface area (Å²) >= 11 is 1.26. The molecule has 0 aliphatic carbocycles. The number of fused-ring (bicyclic) bond motifs is 1. The van der Waals surface area contributed by atoms with Crippen LogP contribution in [0.25, 0.3) is 10.3 Å². The van der Waals surface area contributed by atoms with Gasteiger partial charge < -0.3 is 11.1 Å². The average Bonchev–Trinajstić information content (AvgIpc) is 2.65. The second kappa shape index (κ2) is 4.25. The first-order valence-corrected chi connectivity index (χ1v) is 5.06. The standard InChI is InChI=1S/C7H10N6S/c8-2-1-3-9-7-10-4-5-6(11-7)14-13-12-5/h4H,1-3,8H2,(H,9,10,11). The van der Waals surface area contributed by atoms with Gasteiger partial charge in [-0.2, -0.15) is 4.98 Å². The molecule has 14 heavy (non-hydrogen) atoms. The zero-order valence-electron chi connectivity index (χ0n) is 7.47. The zero-order valence-corrected chi connectivity index (χ0v) is 8.29. The summed E-state index contributed by atoms with van der Waals surface area (Å²) in [6, 6.07) is 0. The molecular weight excluding hydrogens is 200 g/mol. The van der Waals surface area contributed by atoms with E-state index in [0.717, 1.165) is 23.3 Å². The Balaban J connectivity index is 2.10. The van der Waals surface area contributed by atoms with Crippen molar-refractivity contribution < 1.29 is 0 Å². The smallest absolute Gasteiger partial charge is 0.224 e. The fourth-order valence-electron chi connectivity index (χ4n) is 0.986. The van der Waals surface area contributed by atoms with Crippen molar-refractivity contribution in [3.8, 4) is 0 Å². The summed E-state index contributed by atoms with van der Waals surface area (Å²) in [5.41, 5.74) is 6.10. The number of rotatable bonds is 4. The molecule has 0 saturated heterocycles. The van der Waals surface area contributed by atoms with Gasteiger partial charge in [-0.25, -0.2) is 4.98 Å². The van der Waals surface area contributed by atoms with Gasteiger partial charge in [-0.05, 0) is 13.0 Å². The molecule has 2 aromatic heterocycles. The van der Waals surface area contributed by atoms with E-state index in [4.69, 9.17) is 5.73 Å². The van der Waals surface area contributed by atoms with Gasteiger partial charge >= 0.3 is 0 Å². The van der Waals surface area contributed by atoms with Crippen LogP contribution in [-0.2, 0) is 0 Å². The van der Waals surface area contributed by atoms with E-state index in [2.05, 4.69) is 24.9 Å². The Morgan fingerprint density at radius 3 is 3.29 bits per heavy atom. The molecule has 0 fully saturated rings. The van der Waals surface area contributed by atoms with E-state index >= 15 is 0 Å². The summed E-state index contributed by atoms with van der Waals surface area (Å²) < 4.78 is 3.78. The molecule has 0 amide bonds. The number of aromatic nitrogens is 4. The summed E-state index contributed by atoms with van der Waals surface area (Å²) in [6.45, 7) is 1.45. The van der Waals surface area contributed by atoms with Crippen LogP contribution in [0.5, 0.6) is 0 Å². The van der Waals surface area contributed by atoms with Crippen LogP contribution < -0.4 is 11.1 Å². The average molecular weight is 210 g/mol. The van der Waals surface area contributed by atoms with Gasteiger partial charge in [-0.15, -0.1) is 5.10 Å². The number of nitrogens with two attached hydrogens (primary N) is 1. The fourth-order valence-corrected chi connectivity index (χ4v) is 1.51. The van der Waals surface area contributed by atoms with Gasteiger partial charge in [0.25, 0.3) is 0 Å².